The number of hydrogen-bond acceptors (Lipinski definition) is 5. The molecule has 0 aromatic carbocycles. The van der Waals surface area contributed by atoms with Crippen molar-refractivity contribution in [2.75, 3.05) is 27.7 Å². The first-order valence-electron chi connectivity index (χ1n) is 6.21. The van der Waals surface area contributed by atoms with E-state index in [1.807, 2.05) is 21.1 Å². The summed E-state index contributed by atoms with van der Waals surface area (Å²) in [4.78, 5) is 32.8. The van der Waals surface area contributed by atoms with Gasteiger partial charge in [-0.05, 0) is 6.42 Å². The summed E-state index contributed by atoms with van der Waals surface area (Å²) in [5.74, 6) is -2.90. The lowest BCUT2D eigenvalue weighted by Crippen LogP contribution is -2.45. The van der Waals surface area contributed by atoms with Crippen molar-refractivity contribution in [1.82, 2.24) is 0 Å². The fourth-order valence-corrected chi connectivity index (χ4v) is 1.60. The van der Waals surface area contributed by atoms with Crippen LogP contribution in [0.2, 0.25) is 0 Å². The SMILES string of the molecule is C[N+](C)(C)C[C@@H](CC(=O)O)OC(=O)[C@@H](N)CCC(=O)O. The van der Waals surface area contributed by atoms with Gasteiger partial charge in [0.2, 0.25) is 0 Å². The van der Waals surface area contributed by atoms with Gasteiger partial charge < -0.3 is 25.2 Å². The summed E-state index contributed by atoms with van der Waals surface area (Å²) in [5, 5.41) is 17.3. The lowest BCUT2D eigenvalue weighted by molar-refractivity contribution is -0.873. The van der Waals surface area contributed by atoms with Crippen LogP contribution in [0.25, 0.3) is 0 Å². The number of quaternary nitrogens is 1. The number of rotatable bonds is 9. The van der Waals surface area contributed by atoms with E-state index >= 15 is 0 Å². The number of carboxylic acids is 2. The summed E-state index contributed by atoms with van der Waals surface area (Å²) in [5.41, 5.74) is 5.52. The van der Waals surface area contributed by atoms with Crippen LogP contribution in [0, 0.1) is 0 Å². The maximum absolute atomic E-state index is 11.7. The molecule has 4 N–H and O–H groups in total. The summed E-state index contributed by atoms with van der Waals surface area (Å²) >= 11 is 0. The Morgan fingerprint density at radius 3 is 2.10 bits per heavy atom. The maximum atomic E-state index is 11.7. The summed E-state index contributed by atoms with van der Waals surface area (Å²) in [6.07, 6.45) is -1.39. The molecule has 0 aromatic heterocycles. The first-order valence-corrected chi connectivity index (χ1v) is 6.21. The Balaban J connectivity index is 4.51. The second kappa shape index (κ2) is 7.81. The zero-order chi connectivity index (χ0) is 15.9. The molecule has 0 aliphatic heterocycles. The van der Waals surface area contributed by atoms with Gasteiger partial charge in [0.05, 0.1) is 27.6 Å². The minimum absolute atomic E-state index is 0.0433. The van der Waals surface area contributed by atoms with Crippen LogP contribution in [-0.2, 0) is 19.1 Å². The first-order chi connectivity index (χ1) is 9.01. The number of carbonyl (C=O) groups excluding carboxylic acids is 1. The van der Waals surface area contributed by atoms with Crippen molar-refractivity contribution in [3.05, 3.63) is 0 Å². The molecule has 2 atom stereocenters. The highest BCUT2D eigenvalue weighted by atomic mass is 16.5. The van der Waals surface area contributed by atoms with Gasteiger partial charge in [-0.15, -0.1) is 0 Å². The summed E-state index contributed by atoms with van der Waals surface area (Å²) in [6.45, 7) is 0.323. The third kappa shape index (κ3) is 9.29. The minimum atomic E-state index is -1.07. The normalized spacial score (nSPS) is 14.4. The first kappa shape index (κ1) is 18.3. The molecule has 116 valence electrons. The van der Waals surface area contributed by atoms with Crippen molar-refractivity contribution < 1.29 is 33.8 Å². The number of esters is 1. The Labute approximate surface area is 117 Å². The van der Waals surface area contributed by atoms with E-state index in [1.54, 1.807) is 0 Å². The van der Waals surface area contributed by atoms with Crippen LogP contribution in [0.1, 0.15) is 19.3 Å². The van der Waals surface area contributed by atoms with E-state index in [0.29, 0.717) is 11.0 Å². The van der Waals surface area contributed by atoms with E-state index in [-0.39, 0.29) is 19.3 Å². The lowest BCUT2D eigenvalue weighted by Gasteiger charge is -2.28. The number of ether oxygens (including phenoxy) is 1. The number of nitrogens with zero attached hydrogens (tertiary/aromatic N) is 1. The zero-order valence-electron chi connectivity index (χ0n) is 12.0. The smallest absolute Gasteiger partial charge is 0.323 e. The number of likely N-dealkylation sites (N-methyl/N-ethyl adjacent to an activating group) is 1. The molecular weight excluding hydrogens is 268 g/mol. The molecule has 0 aliphatic rings. The van der Waals surface area contributed by atoms with E-state index < -0.39 is 30.1 Å². The summed E-state index contributed by atoms with van der Waals surface area (Å²) in [7, 11) is 5.52. The van der Waals surface area contributed by atoms with Gasteiger partial charge >= 0.3 is 17.9 Å². The lowest BCUT2D eigenvalue weighted by atomic mass is 10.1. The second-order valence-electron chi connectivity index (χ2n) is 5.67. The number of nitrogens with two attached hydrogens (primary N) is 1. The topological polar surface area (TPSA) is 127 Å². The molecule has 8 nitrogen and oxygen atoms in total. The Kier molecular flexibility index (Phi) is 7.16. The predicted molar refractivity (Wildman–Crippen MR) is 69.9 cm³/mol. The Bertz CT molecular complexity index is 363. The molecular formula is C12H23N2O6+. The molecule has 0 radical (unpaired) electrons. The van der Waals surface area contributed by atoms with Crippen LogP contribution in [0.3, 0.4) is 0 Å². The van der Waals surface area contributed by atoms with Gasteiger partial charge in [-0.2, -0.15) is 0 Å². The van der Waals surface area contributed by atoms with Crippen LogP contribution in [0.4, 0.5) is 0 Å². The second-order valence-corrected chi connectivity index (χ2v) is 5.67. The van der Waals surface area contributed by atoms with E-state index in [0.717, 1.165) is 0 Å². The van der Waals surface area contributed by atoms with E-state index in [1.165, 1.54) is 0 Å². The third-order valence-corrected chi connectivity index (χ3v) is 2.41. The largest absolute Gasteiger partial charge is 0.481 e. The fraction of sp³-hybridized carbons (Fsp3) is 0.750. The average molecular weight is 291 g/mol. The Morgan fingerprint density at radius 1 is 1.15 bits per heavy atom. The molecule has 0 aliphatic carbocycles. The van der Waals surface area contributed by atoms with Gasteiger partial charge in [0.1, 0.15) is 12.6 Å². The Hall–Kier alpha value is -1.67. The van der Waals surface area contributed by atoms with Crippen molar-refractivity contribution in [3.63, 3.8) is 0 Å². The molecule has 0 saturated carbocycles. The van der Waals surface area contributed by atoms with Crippen LogP contribution in [0.15, 0.2) is 0 Å². The van der Waals surface area contributed by atoms with Crippen LogP contribution in [-0.4, -0.2) is 72.4 Å². The van der Waals surface area contributed by atoms with Gasteiger partial charge in [0.15, 0.2) is 6.10 Å². The molecule has 0 bridgehead atoms. The van der Waals surface area contributed by atoms with E-state index in [2.05, 4.69) is 0 Å². The van der Waals surface area contributed by atoms with Crippen LogP contribution < -0.4 is 5.73 Å². The monoisotopic (exact) mass is 291 g/mol. The highest BCUT2D eigenvalue weighted by molar-refractivity contribution is 5.77. The predicted octanol–water partition coefficient (Wildman–Crippen LogP) is -0.729. The zero-order valence-corrected chi connectivity index (χ0v) is 12.0. The number of aliphatic carboxylic acids is 2. The van der Waals surface area contributed by atoms with Crippen molar-refractivity contribution in [2.45, 2.75) is 31.4 Å². The molecule has 0 aromatic rings. The highest BCUT2D eigenvalue weighted by Crippen LogP contribution is 2.08. The molecule has 8 heteroatoms. The molecule has 0 saturated heterocycles. The fourth-order valence-electron chi connectivity index (χ4n) is 1.60. The van der Waals surface area contributed by atoms with Crippen LogP contribution in [0.5, 0.6) is 0 Å². The number of carbonyl (C=O) groups is 3. The van der Waals surface area contributed by atoms with Gasteiger partial charge in [0, 0.05) is 6.42 Å². The molecule has 0 heterocycles. The van der Waals surface area contributed by atoms with E-state index in [4.69, 9.17) is 20.7 Å². The highest BCUT2D eigenvalue weighted by Gasteiger charge is 2.27. The summed E-state index contributed by atoms with van der Waals surface area (Å²) in [6, 6.07) is -1.06. The number of carboxylic acid groups (broad SMARTS) is 2. The maximum Gasteiger partial charge on any atom is 0.323 e. The van der Waals surface area contributed by atoms with Gasteiger partial charge in [0.25, 0.3) is 0 Å². The van der Waals surface area contributed by atoms with Gasteiger partial charge in [-0.25, -0.2) is 0 Å². The molecule has 0 unspecified atom stereocenters. The minimum Gasteiger partial charge on any atom is -0.481 e. The third-order valence-electron chi connectivity index (χ3n) is 2.41. The van der Waals surface area contributed by atoms with Crippen molar-refractivity contribution in [1.29, 1.82) is 0 Å². The molecule has 20 heavy (non-hydrogen) atoms. The molecule has 0 fully saturated rings. The van der Waals surface area contributed by atoms with Gasteiger partial charge in [-0.1, -0.05) is 0 Å². The average Bonchev–Trinajstić information content (AvgIpc) is 2.21. The summed E-state index contributed by atoms with van der Waals surface area (Å²) < 4.78 is 5.50. The van der Waals surface area contributed by atoms with Crippen molar-refractivity contribution >= 4 is 17.9 Å². The molecule has 0 amide bonds. The number of hydrogen-bond donors (Lipinski definition) is 3. The van der Waals surface area contributed by atoms with Crippen molar-refractivity contribution in [2.24, 2.45) is 5.73 Å². The van der Waals surface area contributed by atoms with E-state index in [9.17, 15) is 14.4 Å². The quantitative estimate of drug-likeness (QED) is 0.377. The van der Waals surface area contributed by atoms with Crippen molar-refractivity contribution in [3.8, 4) is 0 Å². The van der Waals surface area contributed by atoms with Crippen LogP contribution >= 0.6 is 0 Å². The molecule has 0 spiro atoms. The standard InChI is InChI=1S/C12H22N2O6/c1-14(2,3)7-8(6-11(17)18)20-12(19)9(13)4-5-10(15)16/h8-9H,4-7,13H2,1-3H3,(H-,15,16,17,18)/p+1/t8-,9+/m1/s1. The molecule has 0 rings (SSSR count). The Morgan fingerprint density at radius 2 is 1.70 bits per heavy atom. The van der Waals surface area contributed by atoms with Gasteiger partial charge in [-0.3, -0.25) is 14.4 Å².